The second-order valence-corrected chi connectivity index (χ2v) is 7.63. The molecule has 0 spiro atoms. The number of amides is 1. The molecular weight excluding hydrogens is 407 g/mol. The molecule has 30 heavy (non-hydrogen) atoms. The van der Waals surface area contributed by atoms with Crippen molar-refractivity contribution in [1.29, 1.82) is 0 Å². The maximum absolute atomic E-state index is 13.8. The van der Waals surface area contributed by atoms with Gasteiger partial charge in [-0.1, -0.05) is 23.9 Å². The summed E-state index contributed by atoms with van der Waals surface area (Å²) in [5, 5.41) is 8.03. The van der Waals surface area contributed by atoms with Crippen molar-refractivity contribution in [2.24, 2.45) is 0 Å². The number of benzene rings is 2. The monoisotopic (exact) mass is 428 g/mol. The van der Waals surface area contributed by atoms with E-state index in [2.05, 4.69) is 15.1 Å². The van der Waals surface area contributed by atoms with Gasteiger partial charge in [-0.25, -0.2) is 4.39 Å². The molecule has 1 aromatic heterocycles. The molecule has 2 heterocycles. The van der Waals surface area contributed by atoms with Crippen LogP contribution in [0.1, 0.15) is 0 Å². The van der Waals surface area contributed by atoms with Gasteiger partial charge in [-0.05, 0) is 36.4 Å². The molecule has 0 aliphatic carbocycles. The lowest BCUT2D eigenvalue weighted by Crippen LogP contribution is -2.49. The summed E-state index contributed by atoms with van der Waals surface area (Å²) in [7, 11) is 1.65. The fraction of sp³-hybridized carbons (Fsp3) is 0.286. The molecule has 1 fully saturated rings. The normalized spacial score (nSPS) is 14.1. The number of thioether (sulfide) groups is 1. The number of anilines is 1. The summed E-state index contributed by atoms with van der Waals surface area (Å²) in [5.41, 5.74) is 1.36. The third-order valence-electron chi connectivity index (χ3n) is 4.90. The Morgan fingerprint density at radius 2 is 1.83 bits per heavy atom. The van der Waals surface area contributed by atoms with E-state index in [0.717, 1.165) is 36.3 Å². The quantitative estimate of drug-likeness (QED) is 0.558. The van der Waals surface area contributed by atoms with Crippen molar-refractivity contribution in [1.82, 2.24) is 15.1 Å². The average Bonchev–Trinajstić information content (AvgIpc) is 3.27. The van der Waals surface area contributed by atoms with Crippen molar-refractivity contribution in [3.63, 3.8) is 0 Å². The first-order valence-electron chi connectivity index (χ1n) is 9.52. The van der Waals surface area contributed by atoms with Gasteiger partial charge in [0.05, 0.1) is 18.4 Å². The molecule has 7 nitrogen and oxygen atoms in total. The van der Waals surface area contributed by atoms with Gasteiger partial charge in [0.25, 0.3) is 11.1 Å². The molecule has 156 valence electrons. The molecule has 0 unspecified atom stereocenters. The van der Waals surface area contributed by atoms with Crippen molar-refractivity contribution in [3.05, 3.63) is 54.3 Å². The summed E-state index contributed by atoms with van der Waals surface area (Å²) in [5.74, 6) is 0.713. The van der Waals surface area contributed by atoms with Crippen LogP contribution in [-0.2, 0) is 4.79 Å². The highest BCUT2D eigenvalue weighted by Gasteiger charge is 2.22. The minimum atomic E-state index is -0.427. The molecule has 2 aromatic carbocycles. The number of hydrogen-bond acceptors (Lipinski definition) is 7. The second-order valence-electron chi connectivity index (χ2n) is 6.71. The van der Waals surface area contributed by atoms with Crippen LogP contribution >= 0.6 is 11.8 Å². The van der Waals surface area contributed by atoms with E-state index < -0.39 is 5.82 Å². The van der Waals surface area contributed by atoms with Gasteiger partial charge in [0.1, 0.15) is 11.6 Å². The Hall–Kier alpha value is -3.07. The molecule has 0 N–H and O–H groups in total. The smallest absolute Gasteiger partial charge is 0.277 e. The molecular formula is C21H21FN4O3S. The Balaban J connectivity index is 1.28. The predicted molar refractivity (Wildman–Crippen MR) is 112 cm³/mol. The first-order chi connectivity index (χ1) is 14.6. The highest BCUT2D eigenvalue weighted by molar-refractivity contribution is 7.99. The van der Waals surface area contributed by atoms with Crippen LogP contribution in [0.2, 0.25) is 0 Å². The van der Waals surface area contributed by atoms with Crippen molar-refractivity contribution in [2.45, 2.75) is 5.22 Å². The third-order valence-corrected chi connectivity index (χ3v) is 5.70. The van der Waals surface area contributed by atoms with Crippen LogP contribution in [0.5, 0.6) is 5.75 Å². The maximum Gasteiger partial charge on any atom is 0.277 e. The van der Waals surface area contributed by atoms with Gasteiger partial charge < -0.3 is 19.0 Å². The van der Waals surface area contributed by atoms with Gasteiger partial charge in [-0.15, -0.1) is 10.2 Å². The minimum Gasteiger partial charge on any atom is -0.497 e. The molecule has 0 bridgehead atoms. The van der Waals surface area contributed by atoms with E-state index in [1.165, 1.54) is 6.07 Å². The number of carbonyl (C=O) groups is 1. The van der Waals surface area contributed by atoms with Crippen LogP contribution in [0, 0.1) is 5.82 Å². The number of nitrogens with zero attached hydrogens (tertiary/aromatic N) is 4. The maximum atomic E-state index is 13.8. The molecule has 1 saturated heterocycles. The number of ether oxygens (including phenoxy) is 1. The standard InChI is InChI=1S/C21H21FN4O3S/c1-28-16-8-6-15(7-9-16)25-10-12-26(13-11-25)19(27)14-30-21-24-23-20(29-21)17-4-2-3-5-18(17)22/h2-9H,10-14H2,1H3. The molecule has 0 radical (unpaired) electrons. The summed E-state index contributed by atoms with van der Waals surface area (Å²) in [6, 6.07) is 14.1. The molecule has 1 aliphatic heterocycles. The number of methoxy groups -OCH3 is 1. The van der Waals surface area contributed by atoms with E-state index in [4.69, 9.17) is 9.15 Å². The minimum absolute atomic E-state index is 0.0139. The Morgan fingerprint density at radius 3 is 2.53 bits per heavy atom. The van der Waals surface area contributed by atoms with Gasteiger partial charge in [-0.3, -0.25) is 4.79 Å². The molecule has 3 aromatic rings. The van der Waals surface area contributed by atoms with E-state index in [0.29, 0.717) is 13.1 Å². The van der Waals surface area contributed by atoms with Gasteiger partial charge in [0.2, 0.25) is 5.91 Å². The molecule has 1 amide bonds. The number of aromatic nitrogens is 2. The Morgan fingerprint density at radius 1 is 1.10 bits per heavy atom. The zero-order valence-electron chi connectivity index (χ0n) is 16.5. The van der Waals surface area contributed by atoms with Crippen LogP contribution < -0.4 is 9.64 Å². The zero-order chi connectivity index (χ0) is 20.9. The van der Waals surface area contributed by atoms with E-state index in [9.17, 15) is 9.18 Å². The third kappa shape index (κ3) is 4.56. The lowest BCUT2D eigenvalue weighted by Gasteiger charge is -2.36. The van der Waals surface area contributed by atoms with Crippen molar-refractivity contribution < 1.29 is 18.3 Å². The molecule has 0 atom stereocenters. The topological polar surface area (TPSA) is 71.7 Å². The average molecular weight is 428 g/mol. The zero-order valence-corrected chi connectivity index (χ0v) is 17.3. The van der Waals surface area contributed by atoms with Gasteiger partial charge in [-0.2, -0.15) is 0 Å². The number of halogens is 1. The van der Waals surface area contributed by atoms with E-state index >= 15 is 0 Å². The van der Waals surface area contributed by atoms with Crippen molar-refractivity contribution in [2.75, 3.05) is 43.9 Å². The fourth-order valence-electron chi connectivity index (χ4n) is 3.23. The van der Waals surface area contributed by atoms with E-state index in [1.54, 1.807) is 25.3 Å². The molecule has 0 saturated carbocycles. The van der Waals surface area contributed by atoms with Gasteiger partial charge in [0, 0.05) is 31.9 Å². The number of piperazine rings is 1. The van der Waals surface area contributed by atoms with Crippen LogP contribution in [0.3, 0.4) is 0 Å². The number of rotatable bonds is 6. The van der Waals surface area contributed by atoms with Crippen LogP contribution in [-0.4, -0.2) is 60.0 Å². The highest BCUT2D eigenvalue weighted by Crippen LogP contribution is 2.25. The molecule has 1 aliphatic rings. The van der Waals surface area contributed by atoms with E-state index in [-0.39, 0.29) is 28.3 Å². The van der Waals surface area contributed by atoms with Crippen LogP contribution in [0.4, 0.5) is 10.1 Å². The van der Waals surface area contributed by atoms with Crippen LogP contribution in [0.15, 0.2) is 58.2 Å². The molecule has 9 heteroatoms. The SMILES string of the molecule is COc1ccc(N2CCN(C(=O)CSc3nnc(-c4ccccc4F)o3)CC2)cc1. The van der Waals surface area contributed by atoms with Crippen molar-refractivity contribution >= 4 is 23.4 Å². The fourth-order valence-corrected chi connectivity index (χ4v) is 3.90. The first kappa shape index (κ1) is 20.2. The van der Waals surface area contributed by atoms with E-state index in [1.807, 2.05) is 29.2 Å². The first-order valence-corrected chi connectivity index (χ1v) is 10.5. The summed E-state index contributed by atoms with van der Waals surface area (Å²) in [6.07, 6.45) is 0. The Bertz CT molecular complexity index is 1000. The van der Waals surface area contributed by atoms with Gasteiger partial charge in [0.15, 0.2) is 0 Å². The van der Waals surface area contributed by atoms with Gasteiger partial charge >= 0.3 is 0 Å². The lowest BCUT2D eigenvalue weighted by atomic mass is 10.2. The molecule has 4 rings (SSSR count). The largest absolute Gasteiger partial charge is 0.497 e. The Labute approximate surface area is 177 Å². The Kier molecular flexibility index (Phi) is 6.18. The van der Waals surface area contributed by atoms with Crippen LogP contribution in [0.25, 0.3) is 11.5 Å². The number of hydrogen-bond donors (Lipinski definition) is 0. The summed E-state index contributed by atoms with van der Waals surface area (Å²) in [6.45, 7) is 2.83. The summed E-state index contributed by atoms with van der Waals surface area (Å²) >= 11 is 1.16. The lowest BCUT2D eigenvalue weighted by molar-refractivity contribution is -0.128. The second kappa shape index (κ2) is 9.17. The predicted octanol–water partition coefficient (Wildman–Crippen LogP) is 3.33. The summed E-state index contributed by atoms with van der Waals surface area (Å²) < 4.78 is 24.5. The number of carbonyl (C=O) groups excluding carboxylic acids is 1. The summed E-state index contributed by atoms with van der Waals surface area (Å²) in [4.78, 5) is 16.6. The van der Waals surface area contributed by atoms with Crippen molar-refractivity contribution in [3.8, 4) is 17.2 Å². The highest BCUT2D eigenvalue weighted by atomic mass is 32.2.